The fraction of sp³-hybridized carbons (Fsp3) is 0.294. The van der Waals surface area contributed by atoms with Gasteiger partial charge in [-0.15, -0.1) is 0 Å². The molecular weight excluding hydrogens is 856 g/mol. The third-order valence-corrected chi connectivity index (χ3v) is 15.9. The zero-order chi connectivity index (χ0) is 52.7. The summed E-state index contributed by atoms with van der Waals surface area (Å²) in [5, 5.41) is 0. The van der Waals surface area contributed by atoms with Gasteiger partial charge >= 0.3 is 0 Å². The predicted molar refractivity (Wildman–Crippen MR) is 308 cm³/mol. The lowest BCUT2D eigenvalue weighted by Gasteiger charge is -2.46. The van der Waals surface area contributed by atoms with E-state index in [9.17, 15) is 4.11 Å². The van der Waals surface area contributed by atoms with Gasteiger partial charge in [-0.3, -0.25) is 0 Å². The second-order valence-electron chi connectivity index (χ2n) is 25.3. The van der Waals surface area contributed by atoms with E-state index in [1.807, 2.05) is 12.1 Å². The van der Waals surface area contributed by atoms with Crippen LogP contribution in [0, 0.1) is 6.85 Å². The molecular formula is C68H71BN2. The molecule has 2 nitrogen and oxygen atoms in total. The summed E-state index contributed by atoms with van der Waals surface area (Å²) < 4.78 is 27.8. The molecule has 0 radical (unpaired) electrons. The summed E-state index contributed by atoms with van der Waals surface area (Å²) in [6, 6.07) is 60.6. The molecule has 11 rings (SSSR count). The number of fused-ring (bicyclic) bond motifs is 5. The smallest absolute Gasteiger partial charge is 0.252 e. The number of rotatable bonds is 5. The molecule has 2 heterocycles. The first kappa shape index (κ1) is 43.2. The number of anilines is 6. The third-order valence-electron chi connectivity index (χ3n) is 15.9. The van der Waals surface area contributed by atoms with Crippen molar-refractivity contribution in [3.05, 3.63) is 197 Å². The fourth-order valence-corrected chi connectivity index (χ4v) is 12.4. The first-order chi connectivity index (χ1) is 34.7. The summed E-state index contributed by atoms with van der Waals surface area (Å²) in [7, 11) is 0. The fourth-order valence-electron chi connectivity index (χ4n) is 12.4. The Morgan fingerprint density at radius 3 is 1.54 bits per heavy atom. The van der Waals surface area contributed by atoms with Crippen LogP contribution in [0.25, 0.3) is 33.4 Å². The quantitative estimate of drug-likeness (QED) is 0.159. The molecule has 0 atom stereocenters. The lowest BCUT2D eigenvalue weighted by Crippen LogP contribution is -2.61. The van der Waals surface area contributed by atoms with Crippen molar-refractivity contribution in [1.82, 2.24) is 0 Å². The second kappa shape index (κ2) is 16.2. The zero-order valence-electron chi connectivity index (χ0n) is 47.3. The average molecular weight is 930 g/mol. The molecule has 3 heteroatoms. The zero-order valence-corrected chi connectivity index (χ0v) is 44.3. The molecule has 0 saturated carbocycles. The molecule has 0 N–H and O–H groups in total. The molecule has 0 fully saturated rings. The highest BCUT2D eigenvalue weighted by Crippen LogP contribution is 2.54. The summed E-state index contributed by atoms with van der Waals surface area (Å²) in [5.74, 6) is 0. The summed E-state index contributed by atoms with van der Waals surface area (Å²) in [6.45, 7) is 27.5. The van der Waals surface area contributed by atoms with Gasteiger partial charge in [-0.05, 0) is 185 Å². The summed E-state index contributed by atoms with van der Waals surface area (Å²) >= 11 is 0. The minimum absolute atomic E-state index is 0.0643. The van der Waals surface area contributed by atoms with Crippen molar-refractivity contribution in [2.75, 3.05) is 9.80 Å². The SMILES string of the molecule is [2H]C([2H])([2H])c1cc2c3c(c1)N(c1ccc(C(C)(C)C)cc1-c1cc(-c4ccccc4)cc(-c4ccccc4)c1)c1cc4c(cc1B3c1ccc(C(C)(C)C)cc1N2c1cccc(C(C)(C)C)c1)C(C)(C)CC4(C)C. The van der Waals surface area contributed by atoms with Crippen molar-refractivity contribution in [3.63, 3.8) is 0 Å². The van der Waals surface area contributed by atoms with Gasteiger partial charge in [0.15, 0.2) is 0 Å². The number of aryl methyl sites for hydroxylation is 1. The van der Waals surface area contributed by atoms with Crippen LogP contribution in [0.4, 0.5) is 34.1 Å². The summed E-state index contributed by atoms with van der Waals surface area (Å²) in [5.41, 5.74) is 22.5. The summed E-state index contributed by atoms with van der Waals surface area (Å²) in [4.78, 5) is 4.87. The monoisotopic (exact) mass is 930 g/mol. The molecule has 71 heavy (non-hydrogen) atoms. The molecule has 0 unspecified atom stereocenters. The molecule has 0 spiro atoms. The Morgan fingerprint density at radius 1 is 0.423 bits per heavy atom. The molecule has 0 amide bonds. The minimum Gasteiger partial charge on any atom is -0.311 e. The van der Waals surface area contributed by atoms with E-state index in [0.717, 1.165) is 79.4 Å². The van der Waals surface area contributed by atoms with Gasteiger partial charge in [-0.1, -0.05) is 187 Å². The van der Waals surface area contributed by atoms with Crippen LogP contribution in [0.3, 0.4) is 0 Å². The van der Waals surface area contributed by atoms with Crippen LogP contribution in [0.2, 0.25) is 0 Å². The van der Waals surface area contributed by atoms with E-state index in [1.54, 1.807) is 0 Å². The van der Waals surface area contributed by atoms with Gasteiger partial charge in [0.25, 0.3) is 6.71 Å². The van der Waals surface area contributed by atoms with Crippen LogP contribution in [0.5, 0.6) is 0 Å². The first-order valence-electron chi connectivity index (χ1n) is 27.3. The van der Waals surface area contributed by atoms with Crippen molar-refractivity contribution >= 4 is 57.2 Å². The van der Waals surface area contributed by atoms with Crippen LogP contribution in [0.1, 0.15) is 134 Å². The van der Waals surface area contributed by atoms with E-state index in [0.29, 0.717) is 5.56 Å². The predicted octanol–water partition coefficient (Wildman–Crippen LogP) is 16.9. The van der Waals surface area contributed by atoms with E-state index < -0.39 is 6.85 Å². The Hall–Kier alpha value is -6.58. The summed E-state index contributed by atoms with van der Waals surface area (Å²) in [6.07, 6.45) is 1.02. The number of hydrogen-bond acceptors (Lipinski definition) is 2. The largest absolute Gasteiger partial charge is 0.311 e. The van der Waals surface area contributed by atoms with Crippen LogP contribution >= 0.6 is 0 Å². The number of hydrogen-bond donors (Lipinski definition) is 0. The van der Waals surface area contributed by atoms with Crippen LogP contribution in [-0.2, 0) is 27.1 Å². The average Bonchev–Trinajstić information content (AvgIpc) is 3.58. The highest BCUT2D eigenvalue weighted by Gasteiger charge is 2.48. The van der Waals surface area contributed by atoms with Crippen LogP contribution in [0.15, 0.2) is 164 Å². The van der Waals surface area contributed by atoms with Gasteiger partial charge in [0.05, 0.1) is 5.69 Å². The van der Waals surface area contributed by atoms with Gasteiger partial charge in [-0.2, -0.15) is 0 Å². The lowest BCUT2D eigenvalue weighted by molar-refractivity contribution is 0.403. The Bertz CT molecular complexity index is 3470. The van der Waals surface area contributed by atoms with E-state index in [1.165, 1.54) is 38.7 Å². The lowest BCUT2D eigenvalue weighted by atomic mass is 9.33. The van der Waals surface area contributed by atoms with Crippen molar-refractivity contribution < 1.29 is 4.11 Å². The molecule has 1 aliphatic carbocycles. The normalized spacial score (nSPS) is 16.4. The third kappa shape index (κ3) is 7.96. The van der Waals surface area contributed by atoms with Crippen LogP contribution < -0.4 is 26.2 Å². The molecule has 0 bridgehead atoms. The van der Waals surface area contributed by atoms with E-state index in [4.69, 9.17) is 0 Å². The van der Waals surface area contributed by atoms with Crippen molar-refractivity contribution in [2.24, 2.45) is 0 Å². The van der Waals surface area contributed by atoms with Gasteiger partial charge in [-0.25, -0.2) is 0 Å². The molecule has 3 aliphatic rings. The number of benzene rings is 8. The molecule has 2 aliphatic heterocycles. The van der Waals surface area contributed by atoms with Crippen molar-refractivity contribution in [1.29, 1.82) is 0 Å². The molecule has 8 aromatic carbocycles. The molecule has 0 saturated heterocycles. The van der Waals surface area contributed by atoms with Gasteiger partial charge in [0, 0.05) is 38.1 Å². The molecule has 8 aromatic rings. The van der Waals surface area contributed by atoms with E-state index >= 15 is 0 Å². The Balaban J connectivity index is 1.30. The van der Waals surface area contributed by atoms with E-state index in [2.05, 4.69) is 251 Å². The van der Waals surface area contributed by atoms with E-state index in [-0.39, 0.29) is 33.8 Å². The maximum Gasteiger partial charge on any atom is 0.252 e. The highest BCUT2D eigenvalue weighted by atomic mass is 15.2. The van der Waals surface area contributed by atoms with Gasteiger partial charge in [0.1, 0.15) is 0 Å². The maximum absolute atomic E-state index is 9.27. The minimum atomic E-state index is -2.41. The first-order valence-corrected chi connectivity index (χ1v) is 25.8. The van der Waals surface area contributed by atoms with Crippen LogP contribution in [-0.4, -0.2) is 6.71 Å². The Labute approximate surface area is 430 Å². The topological polar surface area (TPSA) is 6.48 Å². The second-order valence-corrected chi connectivity index (χ2v) is 25.3. The van der Waals surface area contributed by atoms with Gasteiger partial charge in [0.2, 0.25) is 0 Å². The Morgan fingerprint density at radius 2 is 0.944 bits per heavy atom. The highest BCUT2D eigenvalue weighted by molar-refractivity contribution is 7.00. The van der Waals surface area contributed by atoms with Crippen molar-refractivity contribution in [3.8, 4) is 33.4 Å². The molecule has 356 valence electrons. The maximum atomic E-state index is 9.27. The number of nitrogens with zero attached hydrogens (tertiary/aromatic N) is 2. The molecule has 0 aromatic heterocycles. The Kier molecular flexibility index (Phi) is 9.88. The van der Waals surface area contributed by atoms with Crippen molar-refractivity contribution in [2.45, 2.75) is 130 Å². The van der Waals surface area contributed by atoms with Gasteiger partial charge < -0.3 is 9.80 Å². The standard InChI is InChI=1S/C68H71BN2/c1-43-32-61-63-62(33-43)71(58-31-29-50(65(5,6)7)38-53(58)48-35-46(44-22-17-15-18-23-44)34-47(36-48)45-24-19-16-20-25-45)60-41-55-54(67(11,12)42-68(55,13)14)40-57(60)69(63)56-30-28-51(66(8,9)10)39-59(56)70(61)52-27-21-26-49(37-52)64(2,3)4/h15-41H,42H2,1-14H3/i1D3.